The van der Waals surface area contributed by atoms with Crippen LogP contribution >= 0.6 is 12.2 Å². The number of rotatable bonds is 5. The third kappa shape index (κ3) is 3.27. The molecule has 0 saturated carbocycles. The van der Waals surface area contributed by atoms with Crippen molar-refractivity contribution in [1.82, 2.24) is 30.3 Å². The number of nitrogens with one attached hydrogen (secondary N) is 2. The number of nitrogens with zero attached hydrogens (tertiary/aromatic N) is 4. The lowest BCUT2D eigenvalue weighted by atomic mass is 10.3. The van der Waals surface area contributed by atoms with Gasteiger partial charge >= 0.3 is 0 Å². The van der Waals surface area contributed by atoms with Gasteiger partial charge in [-0.15, -0.1) is 10.2 Å². The number of aromatic amines is 1. The third-order valence-electron chi connectivity index (χ3n) is 2.11. The van der Waals surface area contributed by atoms with Crippen LogP contribution in [-0.2, 0) is 16.6 Å². The molecule has 0 bridgehead atoms. The fraction of sp³-hybridized carbons (Fsp3) is 0.125. The minimum Gasteiger partial charge on any atom is -0.388 e. The number of tetrazole rings is 1. The molecule has 0 unspecified atom stereocenters. The zero-order valence-corrected chi connectivity index (χ0v) is 11.1. The quantitative estimate of drug-likeness (QED) is 0.579. The van der Waals surface area contributed by atoms with E-state index in [2.05, 4.69) is 30.3 Å². The van der Waals surface area contributed by atoms with Crippen LogP contribution in [0.3, 0.4) is 0 Å². The Labute approximate surface area is 113 Å². The Bertz CT molecular complexity index is 666. The van der Waals surface area contributed by atoms with Gasteiger partial charge in [-0.2, -0.15) is 5.21 Å². The first kappa shape index (κ1) is 13.5. The fourth-order valence-electron chi connectivity index (χ4n) is 1.19. The van der Waals surface area contributed by atoms with E-state index in [1.807, 2.05) is 0 Å². The molecule has 0 aliphatic carbocycles. The highest BCUT2D eigenvalue weighted by Crippen LogP contribution is 2.08. The molecule has 0 amide bonds. The number of H-pyrrole nitrogens is 1. The van der Waals surface area contributed by atoms with Crippen LogP contribution in [0.15, 0.2) is 23.2 Å². The van der Waals surface area contributed by atoms with E-state index >= 15 is 0 Å². The summed E-state index contributed by atoms with van der Waals surface area (Å²) in [4.78, 5) is 3.95. The van der Waals surface area contributed by atoms with Crippen LogP contribution in [0.1, 0.15) is 11.5 Å². The van der Waals surface area contributed by atoms with E-state index in [-0.39, 0.29) is 22.3 Å². The molecule has 2 heterocycles. The molecular weight excluding hydrogens is 290 g/mol. The summed E-state index contributed by atoms with van der Waals surface area (Å²) >= 11 is 4.73. The lowest BCUT2D eigenvalue weighted by molar-refractivity contribution is 0.579. The first-order chi connectivity index (χ1) is 8.99. The van der Waals surface area contributed by atoms with Gasteiger partial charge in [0.1, 0.15) is 9.88 Å². The molecule has 9 nitrogen and oxygen atoms in total. The van der Waals surface area contributed by atoms with E-state index in [9.17, 15) is 8.42 Å². The number of pyridine rings is 1. The summed E-state index contributed by atoms with van der Waals surface area (Å²) in [5.74, 6) is 0.233. The minimum absolute atomic E-state index is 0.00371. The average Bonchev–Trinajstić information content (AvgIpc) is 2.90. The van der Waals surface area contributed by atoms with Crippen LogP contribution in [0, 0.1) is 0 Å². The summed E-state index contributed by atoms with van der Waals surface area (Å²) in [6.45, 7) is -0.0735. The summed E-state index contributed by atoms with van der Waals surface area (Å²) in [7, 11) is -3.70. The largest absolute Gasteiger partial charge is 0.388 e. The molecule has 0 atom stereocenters. The molecule has 0 aliphatic heterocycles. The normalized spacial score (nSPS) is 11.4. The number of hydrogen-bond acceptors (Lipinski definition) is 7. The fourth-order valence-corrected chi connectivity index (χ4v) is 2.23. The lowest BCUT2D eigenvalue weighted by Gasteiger charge is -2.05. The first-order valence-corrected chi connectivity index (χ1v) is 6.86. The lowest BCUT2D eigenvalue weighted by Crippen LogP contribution is -2.24. The molecule has 0 fully saturated rings. The number of sulfonamides is 1. The van der Waals surface area contributed by atoms with Gasteiger partial charge < -0.3 is 5.73 Å². The van der Waals surface area contributed by atoms with Crippen molar-refractivity contribution < 1.29 is 8.42 Å². The second-order valence-corrected chi connectivity index (χ2v) is 5.60. The topological polar surface area (TPSA) is 140 Å². The van der Waals surface area contributed by atoms with Crippen LogP contribution in [0.2, 0.25) is 0 Å². The second kappa shape index (κ2) is 5.34. The Hall–Kier alpha value is -1.98. The summed E-state index contributed by atoms with van der Waals surface area (Å²) in [5.41, 5.74) is 5.73. The molecule has 19 heavy (non-hydrogen) atoms. The zero-order valence-electron chi connectivity index (χ0n) is 9.44. The predicted octanol–water partition coefficient (Wildman–Crippen LogP) is -1.29. The third-order valence-corrected chi connectivity index (χ3v) is 3.70. The van der Waals surface area contributed by atoms with Gasteiger partial charge in [0.15, 0.2) is 5.82 Å². The van der Waals surface area contributed by atoms with Crippen molar-refractivity contribution in [2.45, 2.75) is 11.4 Å². The van der Waals surface area contributed by atoms with Crippen molar-refractivity contribution in [2.75, 3.05) is 0 Å². The highest BCUT2D eigenvalue weighted by molar-refractivity contribution is 7.89. The van der Waals surface area contributed by atoms with Gasteiger partial charge in [-0.25, -0.2) is 13.1 Å². The molecule has 0 radical (unpaired) electrons. The number of nitrogens with two attached hydrogens (primary N) is 1. The van der Waals surface area contributed by atoms with E-state index in [1.165, 1.54) is 18.3 Å². The second-order valence-electron chi connectivity index (χ2n) is 3.40. The van der Waals surface area contributed by atoms with E-state index in [0.717, 1.165) is 0 Å². The Morgan fingerprint density at radius 2 is 2.26 bits per heavy atom. The zero-order chi connectivity index (χ0) is 13.9. The van der Waals surface area contributed by atoms with E-state index in [0.29, 0.717) is 5.69 Å². The van der Waals surface area contributed by atoms with Crippen molar-refractivity contribution in [3.05, 3.63) is 29.8 Å². The van der Waals surface area contributed by atoms with Crippen molar-refractivity contribution in [1.29, 1.82) is 0 Å². The molecule has 0 spiro atoms. The van der Waals surface area contributed by atoms with Gasteiger partial charge in [0.25, 0.3) is 0 Å². The molecule has 0 aromatic carbocycles. The summed E-state index contributed by atoms with van der Waals surface area (Å²) < 4.78 is 26.1. The standard InChI is InChI=1S/C8H9N7O2S2/c9-8(18)6-2-1-5(3-10-6)19(16,17)11-4-7-12-14-15-13-7/h1-3,11H,4H2,(H2,9,18)(H,12,13,14,15). The number of aromatic nitrogens is 5. The highest BCUT2D eigenvalue weighted by atomic mass is 32.2. The maximum atomic E-state index is 11.9. The molecule has 4 N–H and O–H groups in total. The molecule has 0 saturated heterocycles. The SMILES string of the molecule is NC(=S)c1ccc(S(=O)(=O)NCc2nn[nH]n2)cn1. The van der Waals surface area contributed by atoms with Crippen molar-refractivity contribution in [2.24, 2.45) is 5.73 Å². The molecular formula is C8H9N7O2S2. The molecule has 100 valence electrons. The Balaban J connectivity index is 2.13. The van der Waals surface area contributed by atoms with Gasteiger partial charge in [0.2, 0.25) is 10.0 Å². The molecule has 2 rings (SSSR count). The van der Waals surface area contributed by atoms with Crippen molar-refractivity contribution in [3.8, 4) is 0 Å². The van der Waals surface area contributed by atoms with Crippen molar-refractivity contribution in [3.63, 3.8) is 0 Å². The van der Waals surface area contributed by atoms with Crippen LogP contribution in [0.5, 0.6) is 0 Å². The van der Waals surface area contributed by atoms with Gasteiger partial charge in [-0.1, -0.05) is 17.4 Å². The number of hydrogen-bond donors (Lipinski definition) is 3. The average molecular weight is 299 g/mol. The first-order valence-electron chi connectivity index (χ1n) is 4.97. The van der Waals surface area contributed by atoms with Gasteiger partial charge in [-0.3, -0.25) is 4.98 Å². The van der Waals surface area contributed by atoms with Crippen LogP contribution < -0.4 is 10.5 Å². The van der Waals surface area contributed by atoms with Gasteiger partial charge in [-0.05, 0) is 12.1 Å². The van der Waals surface area contributed by atoms with E-state index < -0.39 is 10.0 Å². The van der Waals surface area contributed by atoms with Crippen molar-refractivity contribution >= 4 is 27.2 Å². The Morgan fingerprint density at radius 1 is 1.47 bits per heavy atom. The minimum atomic E-state index is -3.70. The summed E-state index contributed by atoms with van der Waals surface area (Å²) in [6.07, 6.45) is 1.17. The van der Waals surface area contributed by atoms with Crippen LogP contribution in [0.4, 0.5) is 0 Å². The van der Waals surface area contributed by atoms with E-state index in [4.69, 9.17) is 18.0 Å². The Kier molecular flexibility index (Phi) is 3.78. The molecule has 11 heteroatoms. The Morgan fingerprint density at radius 3 is 2.79 bits per heavy atom. The maximum absolute atomic E-state index is 11.9. The predicted molar refractivity (Wildman–Crippen MR) is 68.3 cm³/mol. The number of thiocarbonyl (C=S) groups is 1. The van der Waals surface area contributed by atoms with Crippen LogP contribution in [-0.4, -0.2) is 39.0 Å². The van der Waals surface area contributed by atoms with E-state index in [1.54, 1.807) is 0 Å². The molecule has 0 aliphatic rings. The van der Waals surface area contributed by atoms with Crippen LogP contribution in [0.25, 0.3) is 0 Å². The highest BCUT2D eigenvalue weighted by Gasteiger charge is 2.15. The van der Waals surface area contributed by atoms with Gasteiger partial charge in [0, 0.05) is 6.20 Å². The monoisotopic (exact) mass is 299 g/mol. The summed E-state index contributed by atoms with van der Waals surface area (Å²) in [5, 5.41) is 12.8. The molecule has 2 aromatic heterocycles. The maximum Gasteiger partial charge on any atom is 0.242 e. The molecule has 2 aromatic rings. The smallest absolute Gasteiger partial charge is 0.242 e. The summed E-state index contributed by atoms with van der Waals surface area (Å²) in [6, 6.07) is 2.80. The van der Waals surface area contributed by atoms with Gasteiger partial charge in [0.05, 0.1) is 12.2 Å².